The topological polar surface area (TPSA) is 22.4 Å². The van der Waals surface area contributed by atoms with Gasteiger partial charge >= 0.3 is 0 Å². The second-order valence-electron chi connectivity index (χ2n) is 2.85. The third kappa shape index (κ3) is 1.27. The minimum Gasteiger partial charge on any atom is -0.496 e. The summed E-state index contributed by atoms with van der Waals surface area (Å²) in [7, 11) is 1.63. The quantitative estimate of drug-likeness (QED) is 0.698. The van der Waals surface area contributed by atoms with Crippen LogP contribution in [0.2, 0.25) is 5.02 Å². The normalized spacial score (nSPS) is 10.7. The lowest BCUT2D eigenvalue weighted by atomic mass is 10.2. The lowest BCUT2D eigenvalue weighted by molar-refractivity contribution is 0.419. The number of ether oxygens (including phenoxy) is 1. The first-order valence-corrected chi connectivity index (χ1v) is 4.33. The molecule has 0 amide bonds. The summed E-state index contributed by atoms with van der Waals surface area (Å²) in [4.78, 5) is 0. The molecular formula is C10H9ClO2. The standard InChI is InChI=1S/C10H9ClO2/c1-6-5-7-9(12-2)4-3-8(11)10(7)13-6/h3-5H,1-2H3. The number of methoxy groups -OCH3 is 1. The van der Waals surface area contributed by atoms with E-state index < -0.39 is 0 Å². The van der Waals surface area contributed by atoms with Gasteiger partial charge in [0.15, 0.2) is 5.58 Å². The number of furan rings is 1. The SMILES string of the molecule is COc1ccc(Cl)c2oc(C)cc12. The van der Waals surface area contributed by atoms with Crippen molar-refractivity contribution in [2.45, 2.75) is 6.92 Å². The molecular weight excluding hydrogens is 188 g/mol. The van der Waals surface area contributed by atoms with Crippen LogP contribution in [0.1, 0.15) is 5.76 Å². The Morgan fingerprint density at radius 1 is 1.38 bits per heavy atom. The van der Waals surface area contributed by atoms with Crippen LogP contribution >= 0.6 is 11.6 Å². The van der Waals surface area contributed by atoms with Crippen LogP contribution in [0, 0.1) is 6.92 Å². The fourth-order valence-electron chi connectivity index (χ4n) is 1.37. The molecule has 68 valence electrons. The number of fused-ring (bicyclic) bond motifs is 1. The average Bonchev–Trinajstić information content (AvgIpc) is 2.48. The molecule has 0 fully saturated rings. The van der Waals surface area contributed by atoms with Gasteiger partial charge in [0, 0.05) is 0 Å². The van der Waals surface area contributed by atoms with Gasteiger partial charge in [0.1, 0.15) is 11.5 Å². The van der Waals surface area contributed by atoms with E-state index in [1.807, 2.05) is 19.1 Å². The van der Waals surface area contributed by atoms with Gasteiger partial charge in [-0.25, -0.2) is 0 Å². The van der Waals surface area contributed by atoms with E-state index in [2.05, 4.69) is 0 Å². The van der Waals surface area contributed by atoms with Crippen molar-refractivity contribution in [3.63, 3.8) is 0 Å². The Kier molecular flexibility index (Phi) is 1.93. The molecule has 0 aliphatic heterocycles. The summed E-state index contributed by atoms with van der Waals surface area (Å²) in [6.07, 6.45) is 0. The highest BCUT2D eigenvalue weighted by atomic mass is 35.5. The Morgan fingerprint density at radius 2 is 2.15 bits per heavy atom. The third-order valence-electron chi connectivity index (χ3n) is 1.94. The number of hydrogen-bond donors (Lipinski definition) is 0. The zero-order chi connectivity index (χ0) is 9.42. The molecule has 0 bridgehead atoms. The molecule has 1 heterocycles. The third-order valence-corrected chi connectivity index (χ3v) is 2.24. The predicted octanol–water partition coefficient (Wildman–Crippen LogP) is 3.40. The molecule has 2 rings (SSSR count). The molecule has 0 saturated carbocycles. The smallest absolute Gasteiger partial charge is 0.156 e. The summed E-state index contributed by atoms with van der Waals surface area (Å²) in [5, 5.41) is 1.54. The van der Waals surface area contributed by atoms with E-state index in [1.165, 1.54) is 0 Å². The zero-order valence-electron chi connectivity index (χ0n) is 7.43. The molecule has 0 aliphatic carbocycles. The molecule has 0 aliphatic rings. The van der Waals surface area contributed by atoms with E-state index in [0.29, 0.717) is 10.6 Å². The Bertz CT molecular complexity index is 445. The maximum Gasteiger partial charge on any atom is 0.156 e. The van der Waals surface area contributed by atoms with Crippen molar-refractivity contribution in [1.82, 2.24) is 0 Å². The van der Waals surface area contributed by atoms with Crippen molar-refractivity contribution < 1.29 is 9.15 Å². The fraction of sp³-hybridized carbons (Fsp3) is 0.200. The van der Waals surface area contributed by atoms with Gasteiger partial charge in [-0.15, -0.1) is 0 Å². The van der Waals surface area contributed by atoms with E-state index in [-0.39, 0.29) is 0 Å². The van der Waals surface area contributed by atoms with Crippen LogP contribution in [0.3, 0.4) is 0 Å². The summed E-state index contributed by atoms with van der Waals surface area (Å²) < 4.78 is 10.6. The van der Waals surface area contributed by atoms with Crippen molar-refractivity contribution >= 4 is 22.6 Å². The Hall–Kier alpha value is -1.15. The van der Waals surface area contributed by atoms with Gasteiger partial charge in [0.2, 0.25) is 0 Å². The highest BCUT2D eigenvalue weighted by molar-refractivity contribution is 6.35. The maximum atomic E-state index is 5.95. The van der Waals surface area contributed by atoms with Crippen molar-refractivity contribution in [2.24, 2.45) is 0 Å². The van der Waals surface area contributed by atoms with Gasteiger partial charge < -0.3 is 9.15 Å². The van der Waals surface area contributed by atoms with Gasteiger partial charge in [-0.05, 0) is 25.1 Å². The van der Waals surface area contributed by atoms with Crippen LogP contribution in [-0.2, 0) is 0 Å². The largest absolute Gasteiger partial charge is 0.496 e. The maximum absolute atomic E-state index is 5.95. The molecule has 0 spiro atoms. The second kappa shape index (κ2) is 2.96. The molecule has 2 aromatic rings. The monoisotopic (exact) mass is 196 g/mol. The first-order valence-electron chi connectivity index (χ1n) is 3.95. The van der Waals surface area contributed by atoms with Crippen molar-refractivity contribution in [3.8, 4) is 5.75 Å². The fourth-order valence-corrected chi connectivity index (χ4v) is 1.57. The molecule has 2 nitrogen and oxygen atoms in total. The minimum absolute atomic E-state index is 0.615. The van der Waals surface area contributed by atoms with Gasteiger partial charge in [-0.2, -0.15) is 0 Å². The number of rotatable bonds is 1. The average molecular weight is 197 g/mol. The lowest BCUT2D eigenvalue weighted by Gasteiger charge is -2.00. The Labute approximate surface area is 81.1 Å². The molecule has 0 unspecified atom stereocenters. The van der Waals surface area contributed by atoms with E-state index in [0.717, 1.165) is 16.9 Å². The number of benzene rings is 1. The van der Waals surface area contributed by atoms with Gasteiger partial charge in [-0.1, -0.05) is 11.6 Å². The summed E-state index contributed by atoms with van der Waals surface area (Å²) >= 11 is 5.95. The van der Waals surface area contributed by atoms with Crippen molar-refractivity contribution in [2.75, 3.05) is 7.11 Å². The van der Waals surface area contributed by atoms with Crippen LogP contribution in [0.5, 0.6) is 5.75 Å². The Morgan fingerprint density at radius 3 is 2.85 bits per heavy atom. The molecule has 0 saturated heterocycles. The van der Waals surface area contributed by atoms with E-state index in [4.69, 9.17) is 20.8 Å². The summed E-state index contributed by atoms with van der Waals surface area (Å²) in [6, 6.07) is 5.52. The van der Waals surface area contributed by atoms with E-state index >= 15 is 0 Å². The predicted molar refractivity (Wildman–Crippen MR) is 52.5 cm³/mol. The summed E-state index contributed by atoms with van der Waals surface area (Å²) in [6.45, 7) is 1.88. The van der Waals surface area contributed by atoms with Crippen molar-refractivity contribution in [1.29, 1.82) is 0 Å². The van der Waals surface area contributed by atoms with E-state index in [1.54, 1.807) is 13.2 Å². The number of halogens is 1. The highest BCUT2D eigenvalue weighted by Crippen LogP contribution is 2.33. The molecule has 0 atom stereocenters. The first-order chi connectivity index (χ1) is 6.22. The molecule has 13 heavy (non-hydrogen) atoms. The molecule has 1 aromatic heterocycles. The van der Waals surface area contributed by atoms with Crippen LogP contribution in [-0.4, -0.2) is 7.11 Å². The summed E-state index contributed by atoms with van der Waals surface area (Å²) in [5.41, 5.74) is 0.693. The van der Waals surface area contributed by atoms with E-state index in [9.17, 15) is 0 Å². The zero-order valence-corrected chi connectivity index (χ0v) is 8.18. The number of hydrogen-bond acceptors (Lipinski definition) is 2. The second-order valence-corrected chi connectivity index (χ2v) is 3.26. The molecule has 0 N–H and O–H groups in total. The van der Waals surface area contributed by atoms with Crippen LogP contribution < -0.4 is 4.74 Å². The van der Waals surface area contributed by atoms with Gasteiger partial charge in [0.05, 0.1) is 17.5 Å². The Balaban J connectivity index is 2.83. The van der Waals surface area contributed by atoms with Gasteiger partial charge in [0.25, 0.3) is 0 Å². The molecule has 0 radical (unpaired) electrons. The summed E-state index contributed by atoms with van der Waals surface area (Å²) in [5.74, 6) is 1.62. The van der Waals surface area contributed by atoms with Crippen LogP contribution in [0.15, 0.2) is 22.6 Å². The van der Waals surface area contributed by atoms with Crippen LogP contribution in [0.4, 0.5) is 0 Å². The molecule has 3 heteroatoms. The minimum atomic E-state index is 0.615. The van der Waals surface area contributed by atoms with Crippen molar-refractivity contribution in [3.05, 3.63) is 29.0 Å². The number of aryl methyl sites for hydroxylation is 1. The molecule has 1 aromatic carbocycles. The van der Waals surface area contributed by atoms with Gasteiger partial charge in [-0.3, -0.25) is 0 Å². The highest BCUT2D eigenvalue weighted by Gasteiger charge is 2.09. The first kappa shape index (κ1) is 8.45. The lowest BCUT2D eigenvalue weighted by Crippen LogP contribution is -1.82. The van der Waals surface area contributed by atoms with Crippen LogP contribution in [0.25, 0.3) is 11.0 Å².